The lowest BCUT2D eigenvalue weighted by atomic mass is 10.0. The van der Waals surface area contributed by atoms with E-state index in [0.29, 0.717) is 0 Å². The minimum Gasteiger partial charge on any atom is -0.480 e. The van der Waals surface area contributed by atoms with E-state index < -0.39 is 17.4 Å². The van der Waals surface area contributed by atoms with E-state index >= 15 is 0 Å². The maximum atomic E-state index is 12.1. The fourth-order valence-corrected chi connectivity index (χ4v) is 1.31. The molecule has 0 aliphatic heterocycles. The third-order valence-corrected chi connectivity index (χ3v) is 3.02. The van der Waals surface area contributed by atoms with E-state index in [1.807, 2.05) is 13.8 Å². The molecule has 0 saturated carbocycles. The predicted molar refractivity (Wildman–Crippen MR) is 66.4 cm³/mol. The first-order valence-corrected chi connectivity index (χ1v) is 5.74. The Morgan fingerprint density at radius 1 is 1.44 bits per heavy atom. The summed E-state index contributed by atoms with van der Waals surface area (Å²) >= 11 is 0. The highest BCUT2D eigenvalue weighted by molar-refractivity contribution is 5.95. The second-order valence-corrected chi connectivity index (χ2v) is 5.00. The zero-order valence-electron chi connectivity index (χ0n) is 11.3. The largest absolute Gasteiger partial charge is 0.480 e. The smallest absolute Gasteiger partial charge is 0.329 e. The van der Waals surface area contributed by atoms with Gasteiger partial charge in [0.25, 0.3) is 5.91 Å². The van der Waals surface area contributed by atoms with Crippen molar-refractivity contribution >= 4 is 11.9 Å². The van der Waals surface area contributed by atoms with Gasteiger partial charge in [0.1, 0.15) is 11.2 Å². The Morgan fingerprint density at radius 3 is 2.39 bits per heavy atom. The molecule has 1 heterocycles. The van der Waals surface area contributed by atoms with Gasteiger partial charge in [-0.3, -0.25) is 9.48 Å². The predicted octanol–water partition coefficient (Wildman–Crippen LogP) is 1.40. The molecule has 0 aromatic carbocycles. The van der Waals surface area contributed by atoms with Crippen LogP contribution in [-0.2, 0) is 4.79 Å². The van der Waals surface area contributed by atoms with Crippen LogP contribution in [0.4, 0.5) is 0 Å². The highest BCUT2D eigenvalue weighted by Crippen LogP contribution is 2.16. The zero-order valence-corrected chi connectivity index (χ0v) is 11.3. The number of aromatic nitrogens is 2. The van der Waals surface area contributed by atoms with Gasteiger partial charge in [0.2, 0.25) is 0 Å². The van der Waals surface area contributed by atoms with Crippen molar-refractivity contribution in [2.24, 2.45) is 0 Å². The van der Waals surface area contributed by atoms with Crippen LogP contribution in [0.1, 0.15) is 44.2 Å². The van der Waals surface area contributed by atoms with Crippen molar-refractivity contribution in [2.45, 2.75) is 39.3 Å². The molecule has 100 valence electrons. The molecule has 1 amide bonds. The van der Waals surface area contributed by atoms with Crippen molar-refractivity contribution in [3.63, 3.8) is 0 Å². The molecule has 1 N–H and O–H groups in total. The summed E-state index contributed by atoms with van der Waals surface area (Å²) in [5.74, 6) is -1.46. The molecule has 0 bridgehead atoms. The van der Waals surface area contributed by atoms with Gasteiger partial charge in [-0.1, -0.05) is 0 Å². The average Bonchev–Trinajstić information content (AvgIpc) is 2.76. The number of likely N-dealkylation sites (N-methyl/N-ethyl adjacent to an activating group) is 1. The summed E-state index contributed by atoms with van der Waals surface area (Å²) in [6.45, 7) is 6.86. The van der Waals surface area contributed by atoms with Gasteiger partial charge in [0, 0.05) is 19.3 Å². The lowest BCUT2D eigenvalue weighted by molar-refractivity contribution is -0.147. The number of nitrogens with zero attached hydrogens (tertiary/aromatic N) is 3. The van der Waals surface area contributed by atoms with Crippen molar-refractivity contribution < 1.29 is 14.7 Å². The molecule has 1 rings (SSSR count). The molecule has 6 nitrogen and oxygen atoms in total. The topological polar surface area (TPSA) is 75.4 Å². The lowest BCUT2D eigenvalue weighted by Gasteiger charge is -2.30. The number of hydrogen-bond acceptors (Lipinski definition) is 3. The highest BCUT2D eigenvalue weighted by Gasteiger charge is 2.36. The lowest BCUT2D eigenvalue weighted by Crippen LogP contribution is -2.50. The molecule has 1 aromatic rings. The number of carbonyl (C=O) groups excluding carboxylic acids is 1. The number of amides is 1. The summed E-state index contributed by atoms with van der Waals surface area (Å²) in [7, 11) is 1.46. The fraction of sp³-hybridized carbons (Fsp3) is 0.583. The van der Waals surface area contributed by atoms with Crippen LogP contribution in [0.15, 0.2) is 12.3 Å². The Balaban J connectivity index is 2.96. The summed E-state index contributed by atoms with van der Waals surface area (Å²) in [6.07, 6.45) is 1.71. The van der Waals surface area contributed by atoms with Gasteiger partial charge in [0.05, 0.1) is 0 Å². The average molecular weight is 253 g/mol. The van der Waals surface area contributed by atoms with Crippen LogP contribution in [0, 0.1) is 0 Å². The molecule has 0 fully saturated rings. The van der Waals surface area contributed by atoms with Crippen molar-refractivity contribution in [2.75, 3.05) is 7.05 Å². The summed E-state index contributed by atoms with van der Waals surface area (Å²) in [5.41, 5.74) is -1.01. The van der Waals surface area contributed by atoms with E-state index in [1.54, 1.807) is 16.9 Å². The quantitative estimate of drug-likeness (QED) is 0.880. The van der Waals surface area contributed by atoms with E-state index in [4.69, 9.17) is 5.11 Å². The molecule has 0 unspecified atom stereocenters. The van der Waals surface area contributed by atoms with Gasteiger partial charge < -0.3 is 10.0 Å². The van der Waals surface area contributed by atoms with Gasteiger partial charge in [-0.25, -0.2) is 4.79 Å². The molecule has 0 aliphatic rings. The minimum absolute atomic E-state index is 0.157. The zero-order chi connectivity index (χ0) is 14.1. The van der Waals surface area contributed by atoms with E-state index in [9.17, 15) is 9.59 Å². The number of rotatable bonds is 4. The van der Waals surface area contributed by atoms with Crippen LogP contribution >= 0.6 is 0 Å². The van der Waals surface area contributed by atoms with Gasteiger partial charge in [-0.15, -0.1) is 0 Å². The molecule has 18 heavy (non-hydrogen) atoms. The number of carbonyl (C=O) groups is 2. The minimum atomic E-state index is -1.27. The third-order valence-electron chi connectivity index (χ3n) is 3.02. The molecule has 0 spiro atoms. The van der Waals surface area contributed by atoms with E-state index in [0.717, 1.165) is 0 Å². The molecular weight excluding hydrogens is 234 g/mol. The van der Waals surface area contributed by atoms with Crippen LogP contribution in [-0.4, -0.2) is 44.3 Å². The normalized spacial score (nSPS) is 11.7. The van der Waals surface area contributed by atoms with E-state index in [1.165, 1.54) is 25.8 Å². The van der Waals surface area contributed by atoms with Crippen LogP contribution in [0.2, 0.25) is 0 Å². The highest BCUT2D eigenvalue weighted by atomic mass is 16.4. The summed E-state index contributed by atoms with van der Waals surface area (Å²) in [4.78, 5) is 24.4. The number of carboxylic acids is 1. The van der Waals surface area contributed by atoms with Crippen LogP contribution in [0.3, 0.4) is 0 Å². The SMILES string of the molecule is CC(C)n1ccc(C(=O)N(C)C(C)(C)C(=O)O)n1. The van der Waals surface area contributed by atoms with Crippen molar-refractivity contribution in [1.29, 1.82) is 0 Å². The Hall–Kier alpha value is -1.85. The maximum absolute atomic E-state index is 12.1. The van der Waals surface area contributed by atoms with Gasteiger partial charge >= 0.3 is 5.97 Å². The summed E-state index contributed by atoms with van der Waals surface area (Å²) in [6, 6.07) is 1.75. The molecular formula is C12H19N3O3. The summed E-state index contributed by atoms with van der Waals surface area (Å²) in [5, 5.41) is 13.2. The Kier molecular flexibility index (Phi) is 3.79. The molecule has 1 aromatic heterocycles. The van der Waals surface area contributed by atoms with Gasteiger partial charge in [-0.2, -0.15) is 5.10 Å². The fourth-order valence-electron chi connectivity index (χ4n) is 1.31. The van der Waals surface area contributed by atoms with Gasteiger partial charge in [0.15, 0.2) is 0 Å². The van der Waals surface area contributed by atoms with Crippen LogP contribution in [0.5, 0.6) is 0 Å². The molecule has 0 saturated heterocycles. The number of aliphatic carboxylic acids is 1. The first kappa shape index (κ1) is 14.2. The van der Waals surface area contributed by atoms with Gasteiger partial charge in [-0.05, 0) is 33.8 Å². The molecule has 0 radical (unpaired) electrons. The second-order valence-electron chi connectivity index (χ2n) is 5.00. The maximum Gasteiger partial charge on any atom is 0.329 e. The number of hydrogen-bond donors (Lipinski definition) is 1. The second kappa shape index (κ2) is 4.80. The molecule has 0 atom stereocenters. The molecule has 6 heteroatoms. The Bertz CT molecular complexity index is 463. The van der Waals surface area contributed by atoms with Crippen LogP contribution in [0.25, 0.3) is 0 Å². The first-order chi connectivity index (χ1) is 8.17. The Morgan fingerprint density at radius 2 is 2.00 bits per heavy atom. The monoisotopic (exact) mass is 253 g/mol. The Labute approximate surface area is 106 Å². The summed E-state index contributed by atoms with van der Waals surface area (Å²) < 4.78 is 1.66. The van der Waals surface area contributed by atoms with E-state index in [2.05, 4.69) is 5.10 Å². The van der Waals surface area contributed by atoms with Crippen molar-refractivity contribution in [1.82, 2.24) is 14.7 Å². The molecule has 0 aliphatic carbocycles. The first-order valence-electron chi connectivity index (χ1n) is 5.74. The standard InChI is InChI=1S/C12H19N3O3/c1-8(2)15-7-6-9(13-15)10(16)14(5)12(3,4)11(17)18/h6-8H,1-5H3,(H,17,18). The number of carboxylic acid groups (broad SMARTS) is 1. The third kappa shape index (κ3) is 2.52. The van der Waals surface area contributed by atoms with Crippen LogP contribution < -0.4 is 0 Å². The van der Waals surface area contributed by atoms with E-state index in [-0.39, 0.29) is 11.7 Å². The van der Waals surface area contributed by atoms with Crippen molar-refractivity contribution in [3.05, 3.63) is 18.0 Å². The van der Waals surface area contributed by atoms with Crippen molar-refractivity contribution in [3.8, 4) is 0 Å².